The van der Waals surface area contributed by atoms with Gasteiger partial charge in [-0.2, -0.15) is 5.10 Å². The van der Waals surface area contributed by atoms with Crippen LogP contribution in [0.1, 0.15) is 28.5 Å². The highest BCUT2D eigenvalue weighted by Crippen LogP contribution is 2.38. The maximum Gasteiger partial charge on any atom is 0.262 e. The highest BCUT2D eigenvalue weighted by atomic mass is 32.1. The molecule has 0 fully saturated rings. The summed E-state index contributed by atoms with van der Waals surface area (Å²) in [5, 5.41) is 8.50. The summed E-state index contributed by atoms with van der Waals surface area (Å²) < 4.78 is 10.9. The van der Waals surface area contributed by atoms with Crippen LogP contribution in [-0.2, 0) is 11.2 Å². The molecule has 0 aliphatic carbocycles. The summed E-state index contributed by atoms with van der Waals surface area (Å²) in [4.78, 5) is 16.8. The number of fused-ring (bicyclic) bond motifs is 1. The van der Waals surface area contributed by atoms with Crippen molar-refractivity contribution in [3.8, 4) is 11.5 Å². The van der Waals surface area contributed by atoms with Crippen molar-refractivity contribution in [3.63, 3.8) is 0 Å². The van der Waals surface area contributed by atoms with Crippen LogP contribution in [0.3, 0.4) is 0 Å². The Morgan fingerprint density at radius 3 is 2.72 bits per heavy atom. The molecule has 0 saturated heterocycles. The zero-order valence-corrected chi connectivity index (χ0v) is 19.0. The number of hydrazone groups is 1. The van der Waals surface area contributed by atoms with Crippen molar-refractivity contribution in [2.45, 2.75) is 18.9 Å². The Hall–Kier alpha value is -3.32. The normalized spacial score (nSPS) is 17.3. The molecule has 164 valence electrons. The summed E-state index contributed by atoms with van der Waals surface area (Å²) >= 11 is 1.64. The van der Waals surface area contributed by atoms with Crippen LogP contribution in [0, 0.1) is 0 Å². The standard InChI is InChI=1S/C25H25N3O3S/c1-30-22-10-9-18(14-23(22)31-2)21-15-19(24-8-5-13-32-24)26-28(21)25(29)16-27-12-11-17-6-3-4-7-20(17)27/h3-10,13-14,21H,11-12,15-16H2,1-2H3/t21-/m1/s1. The molecule has 0 bridgehead atoms. The average molecular weight is 448 g/mol. The van der Waals surface area contributed by atoms with Crippen LogP contribution in [0.25, 0.3) is 0 Å². The molecule has 0 spiro atoms. The van der Waals surface area contributed by atoms with Gasteiger partial charge in [0.1, 0.15) is 0 Å². The Kier molecular flexibility index (Phi) is 5.57. The van der Waals surface area contributed by atoms with E-state index in [1.807, 2.05) is 35.7 Å². The van der Waals surface area contributed by atoms with E-state index in [0.29, 0.717) is 24.5 Å². The van der Waals surface area contributed by atoms with Crippen LogP contribution in [0.15, 0.2) is 65.1 Å². The summed E-state index contributed by atoms with van der Waals surface area (Å²) in [5.74, 6) is 1.31. The molecule has 1 atom stereocenters. The van der Waals surface area contributed by atoms with Gasteiger partial charge in [0.2, 0.25) is 0 Å². The van der Waals surface area contributed by atoms with E-state index in [0.717, 1.165) is 34.8 Å². The number of amides is 1. The summed E-state index contributed by atoms with van der Waals surface area (Å²) in [6.45, 7) is 1.16. The molecular weight excluding hydrogens is 422 g/mol. The highest BCUT2D eigenvalue weighted by Gasteiger charge is 2.35. The summed E-state index contributed by atoms with van der Waals surface area (Å²) in [6.07, 6.45) is 1.63. The molecule has 6 nitrogen and oxygen atoms in total. The van der Waals surface area contributed by atoms with Gasteiger partial charge in [-0.25, -0.2) is 5.01 Å². The van der Waals surface area contributed by atoms with Crippen LogP contribution in [-0.4, -0.2) is 43.9 Å². The lowest BCUT2D eigenvalue weighted by atomic mass is 10.0. The third kappa shape index (κ3) is 3.73. The van der Waals surface area contributed by atoms with Gasteiger partial charge in [-0.05, 0) is 47.2 Å². The Morgan fingerprint density at radius 2 is 1.94 bits per heavy atom. The Bertz CT molecular complexity index is 1160. The molecule has 2 aromatic carbocycles. The predicted molar refractivity (Wildman–Crippen MR) is 127 cm³/mol. The second-order valence-corrected chi connectivity index (χ2v) is 8.84. The van der Waals surface area contributed by atoms with Crippen LogP contribution in [0.4, 0.5) is 5.69 Å². The van der Waals surface area contributed by atoms with Crippen LogP contribution < -0.4 is 14.4 Å². The van der Waals surface area contributed by atoms with Gasteiger partial charge in [0.05, 0.1) is 37.4 Å². The van der Waals surface area contributed by atoms with Gasteiger partial charge in [-0.1, -0.05) is 30.3 Å². The number of para-hydroxylation sites is 1. The average Bonchev–Trinajstić information content (AvgIpc) is 3.58. The molecule has 3 aromatic rings. The molecule has 7 heteroatoms. The number of ether oxygens (including phenoxy) is 2. The Morgan fingerprint density at radius 1 is 1.09 bits per heavy atom. The van der Waals surface area contributed by atoms with Crippen LogP contribution >= 0.6 is 11.3 Å². The first-order valence-corrected chi connectivity index (χ1v) is 11.5. The first kappa shape index (κ1) is 20.6. The van der Waals surface area contributed by atoms with E-state index < -0.39 is 0 Å². The number of anilines is 1. The maximum absolute atomic E-state index is 13.5. The zero-order chi connectivity index (χ0) is 22.1. The number of carbonyl (C=O) groups excluding carboxylic acids is 1. The Labute approximate surface area is 191 Å². The van der Waals surface area contributed by atoms with Gasteiger partial charge in [-0.15, -0.1) is 11.3 Å². The maximum atomic E-state index is 13.5. The molecule has 1 amide bonds. The van der Waals surface area contributed by atoms with Crippen molar-refractivity contribution in [1.82, 2.24) is 5.01 Å². The van der Waals surface area contributed by atoms with E-state index in [1.54, 1.807) is 30.6 Å². The van der Waals surface area contributed by atoms with Gasteiger partial charge in [0.25, 0.3) is 5.91 Å². The number of methoxy groups -OCH3 is 2. The fourth-order valence-electron chi connectivity index (χ4n) is 4.46. The number of rotatable bonds is 6. The van der Waals surface area contributed by atoms with E-state index >= 15 is 0 Å². The molecule has 2 aliphatic heterocycles. The number of hydrogen-bond donors (Lipinski definition) is 0. The quantitative estimate of drug-likeness (QED) is 0.558. The third-order valence-corrected chi connectivity index (χ3v) is 6.99. The van der Waals surface area contributed by atoms with Gasteiger partial charge >= 0.3 is 0 Å². The van der Waals surface area contributed by atoms with Crippen molar-refractivity contribution >= 4 is 28.6 Å². The topological polar surface area (TPSA) is 54.4 Å². The van der Waals surface area contributed by atoms with Crippen molar-refractivity contribution in [1.29, 1.82) is 0 Å². The van der Waals surface area contributed by atoms with Gasteiger partial charge in [-0.3, -0.25) is 4.79 Å². The fraction of sp³-hybridized carbons (Fsp3) is 0.280. The van der Waals surface area contributed by atoms with E-state index in [1.165, 1.54) is 5.56 Å². The van der Waals surface area contributed by atoms with Crippen LogP contribution in [0.2, 0.25) is 0 Å². The van der Waals surface area contributed by atoms with Crippen molar-refractivity contribution in [2.75, 3.05) is 32.2 Å². The predicted octanol–water partition coefficient (Wildman–Crippen LogP) is 4.51. The number of benzene rings is 2. The molecule has 32 heavy (non-hydrogen) atoms. The lowest BCUT2D eigenvalue weighted by Crippen LogP contribution is -2.37. The van der Waals surface area contributed by atoms with E-state index in [4.69, 9.17) is 14.6 Å². The monoisotopic (exact) mass is 447 g/mol. The molecule has 0 radical (unpaired) electrons. The minimum absolute atomic E-state index is 0.00644. The molecule has 0 unspecified atom stereocenters. The van der Waals surface area contributed by atoms with E-state index in [-0.39, 0.29) is 11.9 Å². The van der Waals surface area contributed by atoms with Crippen molar-refractivity contribution in [2.24, 2.45) is 5.10 Å². The molecule has 5 rings (SSSR count). The number of hydrogen-bond acceptors (Lipinski definition) is 6. The highest BCUT2D eigenvalue weighted by molar-refractivity contribution is 7.12. The van der Waals surface area contributed by atoms with Crippen molar-refractivity contribution in [3.05, 3.63) is 76.0 Å². The van der Waals surface area contributed by atoms with Crippen molar-refractivity contribution < 1.29 is 14.3 Å². The van der Waals surface area contributed by atoms with E-state index in [2.05, 4.69) is 29.2 Å². The second kappa shape index (κ2) is 8.67. The summed E-state index contributed by atoms with van der Waals surface area (Å²) in [7, 11) is 3.24. The van der Waals surface area contributed by atoms with Crippen LogP contribution in [0.5, 0.6) is 11.5 Å². The molecule has 3 heterocycles. The molecule has 0 N–H and O–H groups in total. The minimum Gasteiger partial charge on any atom is -0.493 e. The number of thiophene rings is 1. The molecule has 1 aromatic heterocycles. The lowest BCUT2D eigenvalue weighted by Gasteiger charge is -2.26. The molecular formula is C25H25N3O3S. The Balaban J connectivity index is 1.45. The fourth-order valence-corrected chi connectivity index (χ4v) is 5.18. The smallest absolute Gasteiger partial charge is 0.262 e. The van der Waals surface area contributed by atoms with Gasteiger partial charge in [0.15, 0.2) is 11.5 Å². The molecule has 2 aliphatic rings. The molecule has 0 saturated carbocycles. The summed E-state index contributed by atoms with van der Waals surface area (Å²) in [6, 6.07) is 18.0. The lowest BCUT2D eigenvalue weighted by molar-refractivity contribution is -0.131. The van der Waals surface area contributed by atoms with Gasteiger partial charge in [0, 0.05) is 18.7 Å². The third-order valence-electron chi connectivity index (χ3n) is 6.07. The summed E-state index contributed by atoms with van der Waals surface area (Å²) in [5.41, 5.74) is 4.36. The minimum atomic E-state index is -0.183. The SMILES string of the molecule is COc1ccc([C@H]2CC(c3cccs3)=NN2C(=O)CN2CCc3ccccc32)cc1OC. The number of nitrogens with zero attached hydrogens (tertiary/aromatic N) is 3. The second-order valence-electron chi connectivity index (χ2n) is 7.90. The van der Waals surface area contributed by atoms with E-state index in [9.17, 15) is 4.79 Å². The first-order chi connectivity index (χ1) is 15.7. The largest absolute Gasteiger partial charge is 0.493 e. The number of carbonyl (C=O) groups is 1. The first-order valence-electron chi connectivity index (χ1n) is 10.7. The van der Waals surface area contributed by atoms with Gasteiger partial charge < -0.3 is 14.4 Å². The zero-order valence-electron chi connectivity index (χ0n) is 18.2.